The fourth-order valence-electron chi connectivity index (χ4n) is 13.8. The minimum atomic E-state index is -0.544. The molecule has 4 aliphatic rings. The number of nitrogens with one attached hydrogen (secondary N) is 6. The Morgan fingerprint density at radius 3 is 0.992 bits per heavy atom. The molecule has 0 fully saturated rings. The Labute approximate surface area is 704 Å². The zero-order valence-electron chi connectivity index (χ0n) is 73.3. The number of ether oxygens (including phenoxy) is 4. The predicted molar refractivity (Wildman–Crippen MR) is 479 cm³/mol. The lowest BCUT2D eigenvalue weighted by molar-refractivity contribution is -0.136. The number of aryl methyl sites for hydroxylation is 4. The summed E-state index contributed by atoms with van der Waals surface area (Å²) in [6, 6.07) is 55.9. The summed E-state index contributed by atoms with van der Waals surface area (Å²) in [4.78, 5) is 94.9. The topological polar surface area (TPSA) is 265 Å². The first-order valence-electron chi connectivity index (χ1n) is 41.0. The summed E-state index contributed by atoms with van der Waals surface area (Å²) in [6.07, 6.45) is 2.63. The molecule has 4 heterocycles. The van der Waals surface area contributed by atoms with Gasteiger partial charge in [-0.05, 0) is 165 Å². The summed E-state index contributed by atoms with van der Waals surface area (Å²) >= 11 is 0. The number of amides is 7. The fourth-order valence-corrected chi connectivity index (χ4v) is 13.8. The van der Waals surface area contributed by atoms with Gasteiger partial charge in [0.1, 0.15) is 29.1 Å². The molecule has 0 spiro atoms. The number of anilines is 8. The molecule has 0 aliphatic carbocycles. The van der Waals surface area contributed by atoms with E-state index in [-0.39, 0.29) is 75.7 Å². The van der Waals surface area contributed by atoms with Gasteiger partial charge >= 0.3 is 0 Å². The van der Waals surface area contributed by atoms with Gasteiger partial charge in [0.05, 0.1) is 55.5 Å². The zero-order valence-corrected chi connectivity index (χ0v) is 73.3. The number of aliphatic hydroxyl groups is 1. The molecule has 4 atom stereocenters. The van der Waals surface area contributed by atoms with Crippen molar-refractivity contribution >= 4 is 86.8 Å². The van der Waals surface area contributed by atoms with Crippen molar-refractivity contribution in [1.82, 2.24) is 15.1 Å². The molecule has 4 aliphatic heterocycles. The minimum Gasteiger partial charge on any atom is -0.484 e. The normalized spacial score (nSPS) is 15.8. The maximum absolute atomic E-state index is 12.5. The molecule has 8 aromatic carbocycles. The lowest BCUT2D eigenvalue weighted by atomic mass is 9.86. The van der Waals surface area contributed by atoms with Crippen molar-refractivity contribution < 1.29 is 57.6 Å². The molecule has 119 heavy (non-hydrogen) atoms. The number of hydrogen-bond donors (Lipinski definition) is 7. The number of likely N-dealkylation sites (N-methyl/N-ethyl adjacent to an activating group) is 6. The first kappa shape index (κ1) is 91.3. The first-order valence-corrected chi connectivity index (χ1v) is 41.0. The van der Waals surface area contributed by atoms with Gasteiger partial charge in [-0.1, -0.05) is 180 Å². The number of hydrogen-bond acceptors (Lipinski definition) is 16. The lowest BCUT2D eigenvalue weighted by Gasteiger charge is -2.34. The third kappa shape index (κ3) is 26.5. The molecular weight excluding hydrogens is 1500 g/mol. The van der Waals surface area contributed by atoms with Crippen molar-refractivity contribution in [2.24, 2.45) is 0 Å². The van der Waals surface area contributed by atoms with Crippen LogP contribution in [0.4, 0.5) is 45.5 Å². The Bertz CT molecular complexity index is 4810. The molecule has 23 heteroatoms. The van der Waals surface area contributed by atoms with E-state index in [2.05, 4.69) is 212 Å². The number of carbonyl (C=O) groups is 7. The highest BCUT2D eigenvalue weighted by Gasteiger charge is 2.33. The summed E-state index contributed by atoms with van der Waals surface area (Å²) < 4.78 is 23.2. The lowest BCUT2D eigenvalue weighted by Crippen LogP contribution is -2.47. The van der Waals surface area contributed by atoms with Gasteiger partial charge < -0.3 is 80.5 Å². The molecule has 23 nitrogen and oxygen atoms in total. The fraction of sp³-hybridized carbons (Fsp3) is 0.427. The molecule has 8 aromatic rings. The van der Waals surface area contributed by atoms with Gasteiger partial charge in [-0.25, -0.2) is 0 Å². The molecule has 0 radical (unpaired) electrons. The maximum Gasteiger partial charge on any atom is 0.265 e. The van der Waals surface area contributed by atoms with E-state index in [1.165, 1.54) is 32.1 Å². The summed E-state index contributed by atoms with van der Waals surface area (Å²) in [6.45, 7) is 28.2. The van der Waals surface area contributed by atoms with E-state index in [0.29, 0.717) is 100 Å². The SMILES string of the molecule is CN(C)C(=O)C1CN(C)c2cc(NC(=O)CCc3ccc(C(C)(C)C)cc3)ccc2O1.CN(C)C(=O)C1CNc2cc(NC(=O)CCc3ccc(C(C)(C)C)cc3)ccc2O1.CN1CC(CO)Oc2ccc(NC(=O)CCc3ccc(C(C)(C)C)cc3)cc21.CNC(=O)C1CN(C)c2cc(NC(=O)CCc3ccc(C(C)(C)C)cc3)ccc2O1. The third-order valence-electron chi connectivity index (χ3n) is 21.2. The molecule has 7 amide bonds. The Kier molecular flexibility index (Phi) is 30.9. The predicted octanol–water partition coefficient (Wildman–Crippen LogP) is 14.9. The van der Waals surface area contributed by atoms with E-state index in [9.17, 15) is 38.7 Å². The van der Waals surface area contributed by atoms with Crippen LogP contribution in [-0.2, 0) is 80.9 Å². The largest absolute Gasteiger partial charge is 0.484 e. The second-order valence-electron chi connectivity index (χ2n) is 35.6. The van der Waals surface area contributed by atoms with Crippen molar-refractivity contribution in [2.75, 3.05) is 130 Å². The van der Waals surface area contributed by atoms with Crippen LogP contribution >= 0.6 is 0 Å². The summed E-state index contributed by atoms with van der Waals surface area (Å²) in [5.74, 6) is 2.22. The average Bonchev–Trinajstić information content (AvgIpc) is 0.806. The van der Waals surface area contributed by atoms with E-state index in [4.69, 9.17) is 18.9 Å². The zero-order chi connectivity index (χ0) is 86.8. The van der Waals surface area contributed by atoms with E-state index in [1.807, 2.05) is 84.4 Å². The number of nitrogens with zero attached hydrogens (tertiary/aromatic N) is 5. The van der Waals surface area contributed by atoms with Gasteiger partial charge in [0.15, 0.2) is 18.3 Å². The molecule has 0 bridgehead atoms. The average molecular weight is 1630 g/mol. The molecule has 4 unspecified atom stereocenters. The summed E-state index contributed by atoms with van der Waals surface area (Å²) in [5.41, 5.74) is 16.6. The van der Waals surface area contributed by atoms with Crippen LogP contribution in [0.3, 0.4) is 0 Å². The van der Waals surface area contributed by atoms with Crippen molar-refractivity contribution in [3.05, 3.63) is 214 Å². The van der Waals surface area contributed by atoms with Gasteiger partial charge in [0.25, 0.3) is 17.7 Å². The Morgan fingerprint density at radius 2 is 0.672 bits per heavy atom. The second kappa shape index (κ2) is 40.2. The van der Waals surface area contributed by atoms with Crippen molar-refractivity contribution in [2.45, 2.75) is 181 Å². The number of rotatable bonds is 20. The van der Waals surface area contributed by atoms with Crippen LogP contribution in [0.15, 0.2) is 170 Å². The molecular formula is C96H125N11O12. The Hall–Kier alpha value is -11.6. The molecule has 636 valence electrons. The highest BCUT2D eigenvalue weighted by atomic mass is 16.5. The van der Waals surface area contributed by atoms with Crippen molar-refractivity contribution in [3.63, 3.8) is 0 Å². The molecule has 12 rings (SSSR count). The molecule has 0 aromatic heterocycles. The monoisotopic (exact) mass is 1620 g/mol. The minimum absolute atomic E-state index is 0.00698. The maximum atomic E-state index is 12.5. The van der Waals surface area contributed by atoms with Gasteiger partial charge in [-0.3, -0.25) is 33.6 Å². The summed E-state index contributed by atoms with van der Waals surface area (Å²) in [5, 5.41) is 27.0. The standard InChI is InChI=1S/C25H33N3O3.2C24H31N3O3.C23H30N2O3/c1-25(2,3)18-10-7-17(8-11-18)9-14-23(29)26-19-12-13-21-20(15-19)28(6)16-22(31-21)24(30)27(4)5;1-24(2,3)17-9-6-16(7-10-17)8-13-22(28)26-18-11-12-20-19(14-18)25-15-21(30-20)23(29)27(4)5;1-24(2,3)17-9-6-16(7-10-17)8-13-22(28)26-18-11-12-20-19(14-18)27(5)15-21(30-20)23(29)25-4;1-23(2,3)17-8-5-16(6-9-17)7-12-22(27)24-18-10-11-21-20(13-18)25(4)14-19(15-26)28-21/h7-8,10-13,15,22H,9,14,16H2,1-6H3,(H,26,29);6-7,9-12,14,21,25H,8,13,15H2,1-5H3,(H,26,28);6-7,9-12,14,21H,8,13,15H2,1-5H3,(H,25,29)(H,26,28);5-6,8-11,13,19,26H,7,12,14-15H2,1-4H3,(H,24,27). The van der Waals surface area contributed by atoms with Crippen LogP contribution in [0.1, 0.15) is 153 Å². The van der Waals surface area contributed by atoms with Crippen LogP contribution < -0.4 is 65.5 Å². The highest BCUT2D eigenvalue weighted by Crippen LogP contribution is 2.40. The smallest absolute Gasteiger partial charge is 0.265 e. The first-order chi connectivity index (χ1) is 56.1. The third-order valence-corrected chi connectivity index (χ3v) is 21.2. The Morgan fingerprint density at radius 1 is 0.387 bits per heavy atom. The van der Waals surface area contributed by atoms with E-state index >= 15 is 0 Å². The van der Waals surface area contributed by atoms with Gasteiger partial charge in [0.2, 0.25) is 23.6 Å². The Balaban J connectivity index is 0.000000181. The van der Waals surface area contributed by atoms with Crippen molar-refractivity contribution in [3.8, 4) is 23.0 Å². The van der Waals surface area contributed by atoms with E-state index in [0.717, 1.165) is 67.8 Å². The second-order valence-corrected chi connectivity index (χ2v) is 35.6. The number of carbonyl (C=O) groups excluding carboxylic acids is 7. The number of fused-ring (bicyclic) bond motifs is 4. The van der Waals surface area contributed by atoms with Crippen molar-refractivity contribution in [1.29, 1.82) is 0 Å². The van der Waals surface area contributed by atoms with Crippen LogP contribution in [0, 0.1) is 0 Å². The molecule has 0 saturated carbocycles. The van der Waals surface area contributed by atoms with Gasteiger partial charge in [0, 0.05) is 105 Å². The molecule has 7 N–H and O–H groups in total. The van der Waals surface area contributed by atoms with Crippen LogP contribution in [0.2, 0.25) is 0 Å². The van der Waals surface area contributed by atoms with Gasteiger partial charge in [-0.2, -0.15) is 0 Å². The van der Waals surface area contributed by atoms with Crippen LogP contribution in [0.25, 0.3) is 0 Å². The van der Waals surface area contributed by atoms with Crippen LogP contribution in [0.5, 0.6) is 23.0 Å². The van der Waals surface area contributed by atoms with E-state index < -0.39 is 18.3 Å². The van der Waals surface area contributed by atoms with Gasteiger partial charge in [-0.15, -0.1) is 0 Å². The number of aliphatic hydroxyl groups excluding tert-OH is 1. The summed E-state index contributed by atoms with van der Waals surface area (Å²) in [7, 11) is 14.2. The van der Waals surface area contributed by atoms with Crippen LogP contribution in [-0.4, -0.2) is 170 Å². The molecule has 0 saturated heterocycles. The quantitative estimate of drug-likeness (QED) is 0.0374. The highest BCUT2D eigenvalue weighted by molar-refractivity contribution is 5.95. The number of benzene rings is 8. The van der Waals surface area contributed by atoms with E-state index in [1.54, 1.807) is 59.5 Å².